The molecule has 0 saturated heterocycles. The molecule has 2 rings (SSSR count). The molecule has 21 heavy (non-hydrogen) atoms. The van der Waals surface area contributed by atoms with Gasteiger partial charge in [-0.15, -0.1) is 0 Å². The number of pyridine rings is 1. The molecule has 0 unspecified atom stereocenters. The summed E-state index contributed by atoms with van der Waals surface area (Å²) in [6, 6.07) is 6.99. The summed E-state index contributed by atoms with van der Waals surface area (Å²) in [5, 5.41) is 0. The van der Waals surface area contributed by atoms with Gasteiger partial charge in [-0.3, -0.25) is 0 Å². The van der Waals surface area contributed by atoms with Crippen molar-refractivity contribution in [3.05, 3.63) is 46.1 Å². The van der Waals surface area contributed by atoms with Crippen molar-refractivity contribution in [3.8, 4) is 11.6 Å². The predicted octanol–water partition coefficient (Wildman–Crippen LogP) is 3.70. The Morgan fingerprint density at radius 3 is 2.81 bits per heavy atom. The Balaban J connectivity index is 2.34. The summed E-state index contributed by atoms with van der Waals surface area (Å²) in [5.74, 6) is 0.240. The van der Waals surface area contributed by atoms with Gasteiger partial charge >= 0.3 is 5.97 Å². The molecule has 2 aromatic rings. The molecule has 0 aliphatic carbocycles. The fraction of sp³-hybridized carbons (Fsp3) is 0.200. The zero-order valence-corrected chi connectivity index (χ0v) is 13.3. The SMILES string of the molecule is CCOC(=O)c1cc(N)cnc1Oc1ccc(Br)c(C)c1. The molecule has 0 amide bonds. The van der Waals surface area contributed by atoms with Crippen LogP contribution in [0.1, 0.15) is 22.8 Å². The molecule has 110 valence electrons. The van der Waals surface area contributed by atoms with E-state index in [1.807, 2.05) is 19.1 Å². The van der Waals surface area contributed by atoms with Crippen molar-refractivity contribution in [3.63, 3.8) is 0 Å². The minimum Gasteiger partial charge on any atom is -0.462 e. The van der Waals surface area contributed by atoms with Gasteiger partial charge in [0.1, 0.15) is 11.3 Å². The first-order chi connectivity index (χ1) is 10.0. The molecule has 0 bridgehead atoms. The average molecular weight is 351 g/mol. The van der Waals surface area contributed by atoms with Gasteiger partial charge in [0.2, 0.25) is 5.88 Å². The van der Waals surface area contributed by atoms with Gasteiger partial charge in [-0.25, -0.2) is 9.78 Å². The fourth-order valence-corrected chi connectivity index (χ4v) is 1.94. The lowest BCUT2D eigenvalue weighted by atomic mass is 10.2. The van der Waals surface area contributed by atoms with Crippen LogP contribution in [-0.2, 0) is 4.74 Å². The van der Waals surface area contributed by atoms with Crippen LogP contribution in [0.2, 0.25) is 0 Å². The van der Waals surface area contributed by atoms with Gasteiger partial charge in [-0.05, 0) is 43.7 Å². The van der Waals surface area contributed by atoms with Crippen LogP contribution in [-0.4, -0.2) is 17.6 Å². The number of nitrogens with zero attached hydrogens (tertiary/aromatic N) is 1. The van der Waals surface area contributed by atoms with Gasteiger partial charge in [0.15, 0.2) is 0 Å². The monoisotopic (exact) mass is 350 g/mol. The highest BCUT2D eigenvalue weighted by atomic mass is 79.9. The van der Waals surface area contributed by atoms with E-state index >= 15 is 0 Å². The van der Waals surface area contributed by atoms with Crippen molar-refractivity contribution in [2.75, 3.05) is 12.3 Å². The number of carbonyl (C=O) groups excluding carboxylic acids is 1. The maximum absolute atomic E-state index is 11.9. The van der Waals surface area contributed by atoms with Crippen LogP contribution in [0.3, 0.4) is 0 Å². The van der Waals surface area contributed by atoms with Crippen LogP contribution in [0.5, 0.6) is 11.6 Å². The summed E-state index contributed by atoms with van der Waals surface area (Å²) in [5.41, 5.74) is 7.26. The van der Waals surface area contributed by atoms with E-state index < -0.39 is 5.97 Å². The molecule has 0 radical (unpaired) electrons. The second kappa shape index (κ2) is 6.58. The molecule has 0 spiro atoms. The van der Waals surface area contributed by atoms with Crippen LogP contribution in [0, 0.1) is 6.92 Å². The Bertz CT molecular complexity index is 674. The summed E-state index contributed by atoms with van der Waals surface area (Å²) in [6.45, 7) is 3.94. The van der Waals surface area contributed by atoms with Crippen molar-refractivity contribution < 1.29 is 14.3 Å². The number of nitrogen functional groups attached to an aromatic ring is 1. The highest BCUT2D eigenvalue weighted by molar-refractivity contribution is 9.10. The van der Waals surface area contributed by atoms with Crippen LogP contribution in [0.25, 0.3) is 0 Å². The number of hydrogen-bond donors (Lipinski definition) is 1. The number of aromatic nitrogens is 1. The van der Waals surface area contributed by atoms with Gasteiger partial charge in [0.25, 0.3) is 0 Å². The number of nitrogens with two attached hydrogens (primary N) is 1. The van der Waals surface area contributed by atoms with E-state index in [2.05, 4.69) is 20.9 Å². The number of aryl methyl sites for hydroxylation is 1. The molecule has 0 atom stereocenters. The lowest BCUT2D eigenvalue weighted by Gasteiger charge is -2.11. The Morgan fingerprint density at radius 2 is 2.14 bits per heavy atom. The first-order valence-corrected chi connectivity index (χ1v) is 7.17. The Labute approximate surface area is 131 Å². The number of hydrogen-bond acceptors (Lipinski definition) is 5. The molecule has 5 nitrogen and oxygen atoms in total. The topological polar surface area (TPSA) is 74.4 Å². The molecular formula is C15H15BrN2O3. The summed E-state index contributed by atoms with van der Waals surface area (Å²) in [4.78, 5) is 16.0. The first kappa shape index (κ1) is 15.3. The van der Waals surface area contributed by atoms with Gasteiger partial charge in [-0.2, -0.15) is 0 Å². The molecular weight excluding hydrogens is 336 g/mol. The molecule has 6 heteroatoms. The summed E-state index contributed by atoms with van der Waals surface area (Å²) >= 11 is 3.42. The normalized spacial score (nSPS) is 10.2. The highest BCUT2D eigenvalue weighted by Gasteiger charge is 2.16. The lowest BCUT2D eigenvalue weighted by Crippen LogP contribution is -2.08. The van der Waals surface area contributed by atoms with Crippen molar-refractivity contribution in [2.45, 2.75) is 13.8 Å². The smallest absolute Gasteiger partial charge is 0.343 e. The molecule has 0 saturated carbocycles. The molecule has 1 aromatic heterocycles. The molecule has 0 aliphatic rings. The summed E-state index contributed by atoms with van der Waals surface area (Å²) < 4.78 is 11.6. The number of halogens is 1. The molecule has 0 aliphatic heterocycles. The Morgan fingerprint density at radius 1 is 1.38 bits per heavy atom. The highest BCUT2D eigenvalue weighted by Crippen LogP contribution is 2.28. The molecule has 1 aromatic carbocycles. The van der Waals surface area contributed by atoms with Crippen LogP contribution >= 0.6 is 15.9 Å². The van der Waals surface area contributed by atoms with E-state index in [1.54, 1.807) is 13.0 Å². The molecule has 1 heterocycles. The van der Waals surface area contributed by atoms with Crippen molar-refractivity contribution in [1.82, 2.24) is 4.98 Å². The fourth-order valence-electron chi connectivity index (χ4n) is 1.70. The number of benzene rings is 1. The van der Waals surface area contributed by atoms with E-state index in [0.717, 1.165) is 10.0 Å². The third-order valence-corrected chi connectivity index (χ3v) is 3.60. The van der Waals surface area contributed by atoms with E-state index in [1.165, 1.54) is 12.3 Å². The van der Waals surface area contributed by atoms with Crippen molar-refractivity contribution in [2.24, 2.45) is 0 Å². The minimum absolute atomic E-state index is 0.171. The van der Waals surface area contributed by atoms with Crippen molar-refractivity contribution in [1.29, 1.82) is 0 Å². The standard InChI is InChI=1S/C15H15BrN2O3/c1-3-20-15(19)12-7-10(17)8-18-14(12)21-11-4-5-13(16)9(2)6-11/h4-8H,3,17H2,1-2H3. The van der Waals surface area contributed by atoms with Crippen LogP contribution in [0.4, 0.5) is 5.69 Å². The summed E-state index contributed by atoms with van der Waals surface area (Å²) in [7, 11) is 0. The quantitative estimate of drug-likeness (QED) is 0.850. The molecule has 0 fully saturated rings. The number of ether oxygens (including phenoxy) is 2. The zero-order chi connectivity index (χ0) is 15.4. The summed E-state index contributed by atoms with van der Waals surface area (Å²) in [6.07, 6.45) is 1.43. The maximum atomic E-state index is 11.9. The maximum Gasteiger partial charge on any atom is 0.343 e. The van der Waals surface area contributed by atoms with E-state index in [-0.39, 0.29) is 18.1 Å². The van der Waals surface area contributed by atoms with Gasteiger partial charge in [-0.1, -0.05) is 15.9 Å². The Kier molecular flexibility index (Phi) is 4.80. The number of rotatable bonds is 4. The lowest BCUT2D eigenvalue weighted by molar-refractivity contribution is 0.0523. The number of anilines is 1. The van der Waals surface area contributed by atoms with E-state index in [9.17, 15) is 4.79 Å². The van der Waals surface area contributed by atoms with Gasteiger partial charge < -0.3 is 15.2 Å². The third-order valence-electron chi connectivity index (χ3n) is 2.71. The second-order valence-corrected chi connectivity index (χ2v) is 5.21. The number of carbonyl (C=O) groups is 1. The van der Waals surface area contributed by atoms with Gasteiger partial charge in [0.05, 0.1) is 18.5 Å². The number of esters is 1. The second-order valence-electron chi connectivity index (χ2n) is 4.35. The minimum atomic E-state index is -0.513. The predicted molar refractivity (Wildman–Crippen MR) is 83.6 cm³/mol. The van der Waals surface area contributed by atoms with Crippen molar-refractivity contribution >= 4 is 27.6 Å². The third kappa shape index (κ3) is 3.72. The van der Waals surface area contributed by atoms with Crippen LogP contribution < -0.4 is 10.5 Å². The van der Waals surface area contributed by atoms with Gasteiger partial charge in [0, 0.05) is 4.47 Å². The first-order valence-electron chi connectivity index (χ1n) is 6.38. The molecule has 2 N–H and O–H groups in total. The average Bonchev–Trinajstić information content (AvgIpc) is 2.45. The Hall–Kier alpha value is -2.08. The largest absolute Gasteiger partial charge is 0.462 e. The van der Waals surface area contributed by atoms with Crippen LogP contribution in [0.15, 0.2) is 34.9 Å². The van der Waals surface area contributed by atoms with E-state index in [0.29, 0.717) is 11.4 Å². The van der Waals surface area contributed by atoms with E-state index in [4.69, 9.17) is 15.2 Å². The zero-order valence-electron chi connectivity index (χ0n) is 11.7.